The first-order chi connectivity index (χ1) is 6.87. The Kier molecular flexibility index (Phi) is 3.97. The molecule has 4 nitrogen and oxygen atoms in total. The third-order valence-electron chi connectivity index (χ3n) is 2.35. The number of amides is 1. The average molecular weight is 214 g/mol. The van der Waals surface area contributed by atoms with Crippen LogP contribution in [0.4, 0.5) is 4.79 Å². The lowest BCUT2D eigenvalue weighted by Crippen LogP contribution is -2.38. The Labute approximate surface area is 92.0 Å². The van der Waals surface area contributed by atoms with Crippen molar-refractivity contribution >= 4 is 6.09 Å². The van der Waals surface area contributed by atoms with Crippen LogP contribution in [-0.2, 0) is 4.74 Å². The SMILES string of the molecule is CN1CC[C@@H](NC(=O)OCC(C)(C)C)C1. The van der Waals surface area contributed by atoms with Crippen LogP contribution in [0.1, 0.15) is 27.2 Å². The van der Waals surface area contributed by atoms with Crippen LogP contribution in [0.25, 0.3) is 0 Å². The van der Waals surface area contributed by atoms with Crippen LogP contribution in [0.3, 0.4) is 0 Å². The molecule has 0 aromatic rings. The predicted octanol–water partition coefficient (Wildman–Crippen LogP) is 1.46. The maximum absolute atomic E-state index is 11.4. The molecule has 15 heavy (non-hydrogen) atoms. The fourth-order valence-electron chi connectivity index (χ4n) is 1.54. The Hall–Kier alpha value is -0.770. The highest BCUT2D eigenvalue weighted by Gasteiger charge is 2.22. The van der Waals surface area contributed by atoms with Crippen molar-refractivity contribution in [1.82, 2.24) is 10.2 Å². The molecule has 0 aromatic heterocycles. The average Bonchev–Trinajstić information content (AvgIpc) is 2.47. The van der Waals surface area contributed by atoms with E-state index in [1.807, 2.05) is 20.8 Å². The Morgan fingerprint density at radius 2 is 2.20 bits per heavy atom. The lowest BCUT2D eigenvalue weighted by Gasteiger charge is -2.19. The summed E-state index contributed by atoms with van der Waals surface area (Å²) in [5.74, 6) is 0. The second kappa shape index (κ2) is 4.84. The Morgan fingerprint density at radius 3 is 2.67 bits per heavy atom. The number of hydrogen-bond donors (Lipinski definition) is 1. The Balaban J connectivity index is 2.19. The van der Waals surface area contributed by atoms with Gasteiger partial charge in [-0.1, -0.05) is 20.8 Å². The molecule has 0 bridgehead atoms. The highest BCUT2D eigenvalue weighted by Crippen LogP contribution is 2.13. The van der Waals surface area contributed by atoms with E-state index in [2.05, 4.69) is 17.3 Å². The van der Waals surface area contributed by atoms with E-state index in [9.17, 15) is 4.79 Å². The van der Waals surface area contributed by atoms with Gasteiger partial charge in [-0.3, -0.25) is 0 Å². The number of nitrogens with one attached hydrogen (secondary N) is 1. The van der Waals surface area contributed by atoms with Gasteiger partial charge in [0.25, 0.3) is 0 Å². The van der Waals surface area contributed by atoms with Crippen LogP contribution in [0.5, 0.6) is 0 Å². The summed E-state index contributed by atoms with van der Waals surface area (Å²) in [5.41, 5.74) is 0.0316. The summed E-state index contributed by atoms with van der Waals surface area (Å²) >= 11 is 0. The molecule has 1 heterocycles. The minimum atomic E-state index is -0.287. The number of carbonyl (C=O) groups is 1. The highest BCUT2D eigenvalue weighted by molar-refractivity contribution is 5.67. The van der Waals surface area contributed by atoms with Gasteiger partial charge in [-0.15, -0.1) is 0 Å². The molecule has 1 aliphatic heterocycles. The second-order valence-electron chi connectivity index (χ2n) is 5.53. The third kappa shape index (κ3) is 5.02. The van der Waals surface area contributed by atoms with Gasteiger partial charge >= 0.3 is 6.09 Å². The molecule has 4 heteroatoms. The predicted molar refractivity (Wildman–Crippen MR) is 59.8 cm³/mol. The summed E-state index contributed by atoms with van der Waals surface area (Å²) in [5, 5.41) is 2.88. The summed E-state index contributed by atoms with van der Waals surface area (Å²) in [6.07, 6.45) is 0.728. The van der Waals surface area contributed by atoms with E-state index < -0.39 is 0 Å². The largest absolute Gasteiger partial charge is 0.449 e. The highest BCUT2D eigenvalue weighted by atomic mass is 16.5. The van der Waals surface area contributed by atoms with Gasteiger partial charge in [0.2, 0.25) is 0 Å². The normalized spacial score (nSPS) is 22.8. The lowest BCUT2D eigenvalue weighted by molar-refractivity contribution is 0.103. The first-order valence-electron chi connectivity index (χ1n) is 5.49. The number of likely N-dealkylation sites (tertiary alicyclic amines) is 1. The van der Waals surface area contributed by atoms with E-state index in [4.69, 9.17) is 4.74 Å². The van der Waals surface area contributed by atoms with E-state index in [1.54, 1.807) is 0 Å². The fourth-order valence-corrected chi connectivity index (χ4v) is 1.54. The zero-order valence-electron chi connectivity index (χ0n) is 10.2. The van der Waals surface area contributed by atoms with Crippen molar-refractivity contribution in [2.75, 3.05) is 26.7 Å². The van der Waals surface area contributed by atoms with Crippen LogP contribution < -0.4 is 5.32 Å². The van der Waals surface area contributed by atoms with E-state index in [1.165, 1.54) is 0 Å². The van der Waals surface area contributed by atoms with Crippen molar-refractivity contribution < 1.29 is 9.53 Å². The zero-order chi connectivity index (χ0) is 11.5. The van der Waals surface area contributed by atoms with Gasteiger partial charge in [-0.25, -0.2) is 4.79 Å². The molecule has 0 saturated carbocycles. The van der Waals surface area contributed by atoms with Crippen LogP contribution in [0.15, 0.2) is 0 Å². The smallest absolute Gasteiger partial charge is 0.407 e. The van der Waals surface area contributed by atoms with E-state index >= 15 is 0 Å². The summed E-state index contributed by atoms with van der Waals surface area (Å²) in [4.78, 5) is 13.6. The molecule has 1 atom stereocenters. The Morgan fingerprint density at radius 1 is 1.53 bits per heavy atom. The van der Waals surface area contributed by atoms with Gasteiger partial charge in [0.15, 0.2) is 0 Å². The van der Waals surface area contributed by atoms with Gasteiger partial charge in [0.1, 0.15) is 0 Å². The molecule has 0 aliphatic carbocycles. The monoisotopic (exact) mass is 214 g/mol. The second-order valence-corrected chi connectivity index (χ2v) is 5.53. The number of ether oxygens (including phenoxy) is 1. The molecule has 0 unspecified atom stereocenters. The van der Waals surface area contributed by atoms with E-state index in [0.717, 1.165) is 19.5 Å². The standard InChI is InChI=1S/C11H22N2O2/c1-11(2,3)8-15-10(14)12-9-5-6-13(4)7-9/h9H,5-8H2,1-4H3,(H,12,14)/t9-/m1/s1. The molecule has 1 rings (SSSR count). The molecule has 1 fully saturated rings. The zero-order valence-corrected chi connectivity index (χ0v) is 10.2. The number of rotatable bonds is 2. The number of hydrogen-bond acceptors (Lipinski definition) is 3. The molecule has 0 spiro atoms. The molecular formula is C11H22N2O2. The number of nitrogens with zero attached hydrogens (tertiary/aromatic N) is 1. The van der Waals surface area contributed by atoms with Gasteiger partial charge in [0.05, 0.1) is 6.61 Å². The topological polar surface area (TPSA) is 41.6 Å². The van der Waals surface area contributed by atoms with Crippen LogP contribution >= 0.6 is 0 Å². The van der Waals surface area contributed by atoms with E-state index in [0.29, 0.717) is 6.61 Å². The molecule has 1 aliphatic rings. The minimum absolute atomic E-state index is 0.0316. The fraction of sp³-hybridized carbons (Fsp3) is 0.909. The van der Waals surface area contributed by atoms with Gasteiger partial charge in [-0.05, 0) is 25.4 Å². The summed E-state index contributed by atoms with van der Waals surface area (Å²) < 4.78 is 5.14. The summed E-state index contributed by atoms with van der Waals surface area (Å²) in [6.45, 7) is 8.56. The molecule has 1 N–H and O–H groups in total. The van der Waals surface area contributed by atoms with Crippen LogP contribution in [0.2, 0.25) is 0 Å². The lowest BCUT2D eigenvalue weighted by atomic mass is 9.99. The van der Waals surface area contributed by atoms with Crippen molar-refractivity contribution in [1.29, 1.82) is 0 Å². The molecule has 1 saturated heterocycles. The van der Waals surface area contributed by atoms with Crippen molar-refractivity contribution in [3.8, 4) is 0 Å². The first-order valence-corrected chi connectivity index (χ1v) is 5.49. The van der Waals surface area contributed by atoms with Gasteiger partial charge in [-0.2, -0.15) is 0 Å². The maximum atomic E-state index is 11.4. The van der Waals surface area contributed by atoms with Gasteiger partial charge in [0, 0.05) is 12.6 Å². The number of likely N-dealkylation sites (N-methyl/N-ethyl adjacent to an activating group) is 1. The maximum Gasteiger partial charge on any atom is 0.407 e. The molecule has 88 valence electrons. The summed E-state index contributed by atoms with van der Waals surface area (Å²) in [6, 6.07) is 0.252. The van der Waals surface area contributed by atoms with Crippen LogP contribution in [0, 0.1) is 5.41 Å². The van der Waals surface area contributed by atoms with Crippen molar-refractivity contribution in [3.63, 3.8) is 0 Å². The minimum Gasteiger partial charge on any atom is -0.449 e. The Bertz CT molecular complexity index is 223. The quantitative estimate of drug-likeness (QED) is 0.756. The summed E-state index contributed by atoms with van der Waals surface area (Å²) in [7, 11) is 2.06. The molecule has 0 aromatic carbocycles. The van der Waals surface area contributed by atoms with Crippen LogP contribution in [-0.4, -0.2) is 43.8 Å². The number of carbonyl (C=O) groups excluding carboxylic acids is 1. The van der Waals surface area contributed by atoms with Gasteiger partial charge < -0.3 is 15.0 Å². The first kappa shape index (κ1) is 12.3. The number of alkyl carbamates (subject to hydrolysis) is 1. The van der Waals surface area contributed by atoms with Crippen molar-refractivity contribution in [2.45, 2.75) is 33.2 Å². The van der Waals surface area contributed by atoms with Crippen molar-refractivity contribution in [3.05, 3.63) is 0 Å². The van der Waals surface area contributed by atoms with Crippen molar-refractivity contribution in [2.24, 2.45) is 5.41 Å². The molecule has 1 amide bonds. The molecule has 0 radical (unpaired) electrons. The third-order valence-corrected chi connectivity index (χ3v) is 2.35. The molecular weight excluding hydrogens is 192 g/mol. The van der Waals surface area contributed by atoms with E-state index in [-0.39, 0.29) is 17.6 Å².